The van der Waals surface area contributed by atoms with Gasteiger partial charge in [0.2, 0.25) is 0 Å². The molecule has 2 aromatic rings. The third-order valence-electron chi connectivity index (χ3n) is 2.58. The van der Waals surface area contributed by atoms with Crippen LogP contribution in [0.2, 0.25) is 5.02 Å². The Labute approximate surface area is 106 Å². The first-order chi connectivity index (χ1) is 8.06. The molecule has 2 rings (SSSR count). The fourth-order valence-corrected chi connectivity index (χ4v) is 1.84. The number of halogens is 1. The molecule has 0 aliphatic heterocycles. The molecular weight excluding hydrogens is 232 g/mol. The molecule has 0 fully saturated rings. The summed E-state index contributed by atoms with van der Waals surface area (Å²) in [5, 5.41) is 3.84. The Morgan fingerprint density at radius 1 is 1.00 bits per heavy atom. The van der Waals surface area contributed by atoms with Crippen molar-refractivity contribution < 1.29 is 0 Å². The predicted molar refractivity (Wildman–Crippen MR) is 75.1 cm³/mol. The summed E-state index contributed by atoms with van der Waals surface area (Å²) in [7, 11) is 0. The summed E-state index contributed by atoms with van der Waals surface area (Å²) in [6.07, 6.45) is 0. The lowest BCUT2D eigenvalue weighted by atomic mass is 10.1. The lowest BCUT2D eigenvalue weighted by molar-refractivity contribution is 1.43. The van der Waals surface area contributed by atoms with Crippen LogP contribution < -0.4 is 11.1 Å². The second kappa shape index (κ2) is 4.68. The van der Waals surface area contributed by atoms with Crippen molar-refractivity contribution in [2.24, 2.45) is 0 Å². The molecule has 0 bridgehead atoms. The minimum Gasteiger partial charge on any atom is -0.397 e. The largest absolute Gasteiger partial charge is 0.397 e. The molecule has 88 valence electrons. The monoisotopic (exact) mass is 246 g/mol. The number of hydrogen-bond donors (Lipinski definition) is 2. The van der Waals surface area contributed by atoms with Crippen LogP contribution in [0.3, 0.4) is 0 Å². The van der Waals surface area contributed by atoms with Crippen molar-refractivity contribution in [1.82, 2.24) is 0 Å². The van der Waals surface area contributed by atoms with Crippen molar-refractivity contribution in [3.63, 3.8) is 0 Å². The highest BCUT2D eigenvalue weighted by Gasteiger charge is 2.05. The second-order valence-corrected chi connectivity index (χ2v) is 4.58. The van der Waals surface area contributed by atoms with E-state index in [1.54, 1.807) is 0 Å². The summed E-state index contributed by atoms with van der Waals surface area (Å²) in [6, 6.07) is 12.0. The third-order valence-corrected chi connectivity index (χ3v) is 3.00. The van der Waals surface area contributed by atoms with Crippen LogP contribution in [-0.4, -0.2) is 0 Å². The van der Waals surface area contributed by atoms with Crippen LogP contribution in [0.25, 0.3) is 0 Å². The van der Waals surface area contributed by atoms with Gasteiger partial charge in [-0.25, -0.2) is 0 Å². The maximum atomic E-state index is 6.16. The first-order valence-corrected chi connectivity index (χ1v) is 5.83. The van der Waals surface area contributed by atoms with Gasteiger partial charge in [-0.1, -0.05) is 29.3 Å². The summed E-state index contributed by atoms with van der Waals surface area (Å²) < 4.78 is 0. The molecule has 2 nitrogen and oxygen atoms in total. The summed E-state index contributed by atoms with van der Waals surface area (Å²) in [5.74, 6) is 0. The van der Waals surface area contributed by atoms with Crippen molar-refractivity contribution in [3.05, 3.63) is 52.5 Å². The molecule has 0 spiro atoms. The molecule has 0 radical (unpaired) electrons. The highest BCUT2D eigenvalue weighted by Crippen LogP contribution is 2.31. The van der Waals surface area contributed by atoms with E-state index in [2.05, 4.69) is 24.4 Å². The van der Waals surface area contributed by atoms with Crippen LogP contribution in [0.4, 0.5) is 17.1 Å². The summed E-state index contributed by atoms with van der Waals surface area (Å²) >= 11 is 6.16. The first kappa shape index (κ1) is 11.8. The van der Waals surface area contributed by atoms with Gasteiger partial charge in [-0.05, 0) is 43.7 Å². The fraction of sp³-hybridized carbons (Fsp3) is 0.143. The van der Waals surface area contributed by atoms with E-state index in [1.165, 1.54) is 5.56 Å². The van der Waals surface area contributed by atoms with Crippen LogP contribution in [0.5, 0.6) is 0 Å². The Morgan fingerprint density at radius 3 is 2.29 bits per heavy atom. The summed E-state index contributed by atoms with van der Waals surface area (Å²) in [5.41, 5.74) is 10.6. The molecule has 0 heterocycles. The van der Waals surface area contributed by atoms with Crippen LogP contribution in [0.1, 0.15) is 11.1 Å². The van der Waals surface area contributed by atoms with Gasteiger partial charge in [0, 0.05) is 5.69 Å². The number of rotatable bonds is 2. The van der Waals surface area contributed by atoms with Crippen molar-refractivity contribution in [2.75, 3.05) is 11.1 Å². The van der Waals surface area contributed by atoms with Gasteiger partial charge in [0.15, 0.2) is 0 Å². The molecule has 3 N–H and O–H groups in total. The number of nitrogens with one attached hydrogen (secondary N) is 1. The zero-order valence-corrected chi connectivity index (χ0v) is 10.7. The van der Waals surface area contributed by atoms with Crippen molar-refractivity contribution in [3.8, 4) is 0 Å². The predicted octanol–water partition coefficient (Wildman–Crippen LogP) is 4.28. The molecule has 0 saturated heterocycles. The van der Waals surface area contributed by atoms with Crippen molar-refractivity contribution in [2.45, 2.75) is 13.8 Å². The van der Waals surface area contributed by atoms with E-state index in [4.69, 9.17) is 17.3 Å². The number of aryl methyl sites for hydroxylation is 2. The van der Waals surface area contributed by atoms with E-state index in [9.17, 15) is 0 Å². The molecule has 0 aliphatic rings. The normalized spacial score (nSPS) is 10.3. The molecule has 2 aromatic carbocycles. The Kier molecular flexibility index (Phi) is 3.25. The van der Waals surface area contributed by atoms with E-state index in [0.717, 1.165) is 16.9 Å². The summed E-state index contributed by atoms with van der Waals surface area (Å²) in [4.78, 5) is 0. The van der Waals surface area contributed by atoms with Crippen molar-refractivity contribution >= 4 is 28.7 Å². The third kappa shape index (κ3) is 2.71. The standard InChI is InChI=1S/C14H15ClN2/c1-9-3-5-11(6-4-9)17-13-8-10(2)7-12(16)14(13)15/h3-8,17H,16H2,1-2H3. The fourth-order valence-electron chi connectivity index (χ4n) is 1.68. The molecule has 0 aromatic heterocycles. The molecule has 0 atom stereocenters. The molecule has 0 amide bonds. The molecule has 0 unspecified atom stereocenters. The van der Waals surface area contributed by atoms with E-state index in [1.807, 2.05) is 31.2 Å². The zero-order chi connectivity index (χ0) is 12.4. The molecule has 3 heteroatoms. The highest BCUT2D eigenvalue weighted by molar-refractivity contribution is 6.35. The van der Waals surface area contributed by atoms with Crippen LogP contribution in [0, 0.1) is 13.8 Å². The van der Waals surface area contributed by atoms with E-state index in [0.29, 0.717) is 10.7 Å². The molecular formula is C14H15ClN2. The Bertz CT molecular complexity index is 533. The number of nitrogen functional groups attached to an aromatic ring is 1. The van der Waals surface area contributed by atoms with Gasteiger partial charge in [0.1, 0.15) is 0 Å². The van der Waals surface area contributed by atoms with Crippen molar-refractivity contribution in [1.29, 1.82) is 0 Å². The van der Waals surface area contributed by atoms with Crippen LogP contribution >= 0.6 is 11.6 Å². The minimum atomic E-state index is 0.566. The Hall–Kier alpha value is -1.67. The summed E-state index contributed by atoms with van der Waals surface area (Å²) in [6.45, 7) is 4.05. The lowest BCUT2D eigenvalue weighted by Crippen LogP contribution is -1.95. The molecule has 0 aliphatic carbocycles. The number of nitrogens with two attached hydrogens (primary N) is 1. The quantitative estimate of drug-likeness (QED) is 0.776. The van der Waals surface area contributed by atoms with Gasteiger partial charge < -0.3 is 11.1 Å². The van der Waals surface area contributed by atoms with Crippen LogP contribution in [-0.2, 0) is 0 Å². The van der Waals surface area contributed by atoms with E-state index >= 15 is 0 Å². The number of hydrogen-bond acceptors (Lipinski definition) is 2. The van der Waals surface area contributed by atoms with Gasteiger partial charge in [-0.3, -0.25) is 0 Å². The maximum Gasteiger partial charge on any atom is 0.0870 e. The van der Waals surface area contributed by atoms with Gasteiger partial charge >= 0.3 is 0 Å². The Balaban J connectivity index is 2.32. The Morgan fingerprint density at radius 2 is 1.65 bits per heavy atom. The molecule has 17 heavy (non-hydrogen) atoms. The first-order valence-electron chi connectivity index (χ1n) is 5.45. The average molecular weight is 247 g/mol. The SMILES string of the molecule is Cc1ccc(Nc2cc(C)cc(N)c2Cl)cc1. The molecule has 0 saturated carbocycles. The zero-order valence-electron chi connectivity index (χ0n) is 9.92. The van der Waals surface area contributed by atoms with E-state index in [-0.39, 0.29) is 0 Å². The lowest BCUT2D eigenvalue weighted by Gasteiger charge is -2.11. The number of anilines is 3. The maximum absolute atomic E-state index is 6.16. The van der Waals surface area contributed by atoms with Gasteiger partial charge in [0.05, 0.1) is 16.4 Å². The van der Waals surface area contributed by atoms with Gasteiger partial charge in [-0.15, -0.1) is 0 Å². The highest BCUT2D eigenvalue weighted by atomic mass is 35.5. The van der Waals surface area contributed by atoms with Gasteiger partial charge in [0.25, 0.3) is 0 Å². The van der Waals surface area contributed by atoms with Gasteiger partial charge in [-0.2, -0.15) is 0 Å². The minimum absolute atomic E-state index is 0.566. The number of benzene rings is 2. The van der Waals surface area contributed by atoms with Crippen LogP contribution in [0.15, 0.2) is 36.4 Å². The van der Waals surface area contributed by atoms with E-state index < -0.39 is 0 Å². The smallest absolute Gasteiger partial charge is 0.0870 e. The second-order valence-electron chi connectivity index (χ2n) is 4.21. The topological polar surface area (TPSA) is 38.0 Å². The average Bonchev–Trinajstić information content (AvgIpc) is 2.28.